The van der Waals surface area contributed by atoms with E-state index in [1.807, 2.05) is 0 Å². The van der Waals surface area contributed by atoms with E-state index in [1.165, 1.54) is 49.8 Å². The Hall–Kier alpha value is -1.76. The van der Waals surface area contributed by atoms with Gasteiger partial charge in [0.15, 0.2) is 0 Å². The summed E-state index contributed by atoms with van der Waals surface area (Å²) in [6, 6.07) is 7.28. The van der Waals surface area contributed by atoms with Crippen LogP contribution in [0.25, 0.3) is 0 Å². The van der Waals surface area contributed by atoms with E-state index in [1.54, 1.807) is 24.3 Å². The summed E-state index contributed by atoms with van der Waals surface area (Å²) < 4.78 is 31.1. The molecule has 0 spiro atoms. The molecule has 0 radical (unpaired) electrons. The molecule has 0 unspecified atom stereocenters. The maximum absolute atomic E-state index is 12.3. The Morgan fingerprint density at radius 1 is 1.15 bits per heavy atom. The molecule has 1 aromatic rings. The zero-order valence-electron chi connectivity index (χ0n) is 16.4. The van der Waals surface area contributed by atoms with Crippen molar-refractivity contribution >= 4 is 21.6 Å². The predicted molar refractivity (Wildman–Crippen MR) is 109 cm³/mol. The van der Waals surface area contributed by atoms with Crippen LogP contribution in [0.1, 0.15) is 57.8 Å². The molecule has 2 rings (SSSR count). The monoisotopic (exact) mass is 396 g/mol. The van der Waals surface area contributed by atoms with Gasteiger partial charge in [0.2, 0.25) is 15.9 Å². The number of anilines is 1. The lowest BCUT2D eigenvalue weighted by Gasteiger charge is -2.24. The molecule has 0 aromatic heterocycles. The van der Waals surface area contributed by atoms with Crippen molar-refractivity contribution in [2.75, 3.05) is 24.2 Å². The highest BCUT2D eigenvalue weighted by molar-refractivity contribution is 7.92. The number of para-hydroxylation sites is 2. The summed E-state index contributed by atoms with van der Waals surface area (Å²) in [6.07, 6.45) is 10.2. The largest absolute Gasteiger partial charge is 0.495 e. The summed E-state index contributed by atoms with van der Waals surface area (Å²) in [7, 11) is -1.95. The highest BCUT2D eigenvalue weighted by Gasteiger charge is 2.21. The van der Waals surface area contributed by atoms with Gasteiger partial charge in [-0.3, -0.25) is 9.10 Å². The number of carbonyl (C=O) groups excluding carboxylic acids is 1. The second-order valence-corrected chi connectivity index (χ2v) is 9.13. The van der Waals surface area contributed by atoms with Crippen molar-refractivity contribution in [3.63, 3.8) is 0 Å². The molecule has 6 nitrogen and oxygen atoms in total. The van der Waals surface area contributed by atoms with Gasteiger partial charge in [-0.05, 0) is 31.4 Å². The Labute approximate surface area is 163 Å². The van der Waals surface area contributed by atoms with Crippen LogP contribution in [0.5, 0.6) is 5.75 Å². The number of amides is 1. The van der Waals surface area contributed by atoms with Crippen LogP contribution in [-0.2, 0) is 14.8 Å². The molecule has 1 amide bonds. The number of rotatable bonds is 8. The van der Waals surface area contributed by atoms with E-state index in [9.17, 15) is 13.2 Å². The smallest absolute Gasteiger partial charge is 0.232 e. The Kier molecular flexibility index (Phi) is 8.41. The fourth-order valence-corrected chi connectivity index (χ4v) is 4.55. The molecule has 0 heterocycles. The zero-order chi connectivity index (χ0) is 19.7. The van der Waals surface area contributed by atoms with E-state index < -0.39 is 10.0 Å². The van der Waals surface area contributed by atoms with Crippen LogP contribution in [0.4, 0.5) is 5.69 Å². The minimum Gasteiger partial charge on any atom is -0.495 e. The van der Waals surface area contributed by atoms with Crippen LogP contribution in [0, 0.1) is 0 Å². The van der Waals surface area contributed by atoms with Crippen molar-refractivity contribution < 1.29 is 17.9 Å². The van der Waals surface area contributed by atoms with E-state index in [2.05, 4.69) is 5.32 Å². The molecule has 27 heavy (non-hydrogen) atoms. The lowest BCUT2D eigenvalue weighted by atomic mass is 9.96. The topological polar surface area (TPSA) is 75.7 Å². The van der Waals surface area contributed by atoms with E-state index in [0.29, 0.717) is 24.3 Å². The van der Waals surface area contributed by atoms with Gasteiger partial charge < -0.3 is 10.1 Å². The number of nitrogens with one attached hydrogen (secondary N) is 1. The van der Waals surface area contributed by atoms with Crippen molar-refractivity contribution in [3.8, 4) is 5.75 Å². The van der Waals surface area contributed by atoms with Crippen LogP contribution in [0.3, 0.4) is 0 Å². The maximum Gasteiger partial charge on any atom is 0.232 e. The van der Waals surface area contributed by atoms with Gasteiger partial charge in [-0.15, -0.1) is 0 Å². The van der Waals surface area contributed by atoms with Gasteiger partial charge in [-0.1, -0.05) is 44.2 Å². The molecule has 1 aliphatic carbocycles. The third-order valence-electron chi connectivity index (χ3n) is 4.99. The van der Waals surface area contributed by atoms with Crippen molar-refractivity contribution in [1.29, 1.82) is 0 Å². The highest BCUT2D eigenvalue weighted by atomic mass is 32.2. The number of hydrogen-bond acceptors (Lipinski definition) is 4. The lowest BCUT2D eigenvalue weighted by Crippen LogP contribution is -2.36. The van der Waals surface area contributed by atoms with Gasteiger partial charge in [0.25, 0.3) is 0 Å². The second kappa shape index (κ2) is 10.5. The number of benzene rings is 1. The summed E-state index contributed by atoms with van der Waals surface area (Å²) in [4.78, 5) is 12.3. The first kappa shape index (κ1) is 21.5. The number of methoxy groups -OCH3 is 1. The molecule has 1 N–H and O–H groups in total. The van der Waals surface area contributed by atoms with E-state index >= 15 is 0 Å². The van der Waals surface area contributed by atoms with Gasteiger partial charge in [0.05, 0.1) is 19.1 Å². The van der Waals surface area contributed by atoms with Crippen LogP contribution in [-0.4, -0.2) is 40.3 Å². The summed E-state index contributed by atoms with van der Waals surface area (Å²) in [5.74, 6) is 0.510. The fourth-order valence-electron chi connectivity index (χ4n) is 3.58. The van der Waals surface area contributed by atoms with Crippen LogP contribution < -0.4 is 14.4 Å². The molecule has 1 fully saturated rings. The van der Waals surface area contributed by atoms with Gasteiger partial charge >= 0.3 is 0 Å². The molecule has 7 heteroatoms. The Bertz CT molecular complexity index is 698. The first-order chi connectivity index (χ1) is 12.9. The third-order valence-corrected chi connectivity index (χ3v) is 6.17. The maximum atomic E-state index is 12.3. The number of nitrogens with zero attached hydrogens (tertiary/aromatic N) is 1. The average molecular weight is 397 g/mol. The molecular weight excluding hydrogens is 364 g/mol. The second-order valence-electron chi connectivity index (χ2n) is 7.22. The highest BCUT2D eigenvalue weighted by Crippen LogP contribution is 2.29. The number of carbonyl (C=O) groups is 1. The molecule has 0 atom stereocenters. The molecule has 152 valence electrons. The van der Waals surface area contributed by atoms with Crippen molar-refractivity contribution in [1.82, 2.24) is 5.32 Å². The minimum absolute atomic E-state index is 0.00838. The molecule has 1 aliphatic rings. The van der Waals surface area contributed by atoms with Gasteiger partial charge in [-0.2, -0.15) is 0 Å². The number of sulfonamides is 1. The van der Waals surface area contributed by atoms with E-state index in [0.717, 1.165) is 12.8 Å². The molecule has 1 aromatic carbocycles. The summed E-state index contributed by atoms with van der Waals surface area (Å²) >= 11 is 0. The Morgan fingerprint density at radius 3 is 2.41 bits per heavy atom. The lowest BCUT2D eigenvalue weighted by molar-refractivity contribution is -0.122. The van der Waals surface area contributed by atoms with Gasteiger partial charge in [-0.25, -0.2) is 8.42 Å². The van der Waals surface area contributed by atoms with E-state index in [4.69, 9.17) is 4.74 Å². The predicted octanol–water partition coefficient (Wildman–Crippen LogP) is 3.47. The minimum atomic E-state index is -3.46. The number of ether oxygens (including phenoxy) is 1. The summed E-state index contributed by atoms with van der Waals surface area (Å²) in [6.45, 7) is 0.247. The molecule has 0 aliphatic heterocycles. The van der Waals surface area contributed by atoms with E-state index in [-0.39, 0.29) is 18.5 Å². The van der Waals surface area contributed by atoms with Crippen molar-refractivity contribution in [2.24, 2.45) is 0 Å². The van der Waals surface area contributed by atoms with Crippen molar-refractivity contribution in [2.45, 2.75) is 63.8 Å². The molecule has 1 saturated carbocycles. The van der Waals surface area contributed by atoms with Crippen LogP contribution in [0.2, 0.25) is 0 Å². The standard InChI is InChI=1S/C20H32N2O4S/c1-26-19-14-9-8-13-18(19)22(27(2,24)25)16-10-15-20(23)21-17-11-6-4-3-5-7-12-17/h8-9,13-14,17H,3-7,10-12,15-16H2,1-2H3,(H,21,23). The molecule has 0 saturated heterocycles. The molecular formula is C20H32N2O4S. The Morgan fingerprint density at radius 2 is 1.78 bits per heavy atom. The zero-order valence-corrected chi connectivity index (χ0v) is 17.3. The SMILES string of the molecule is COc1ccccc1N(CCCC(=O)NC1CCCCCCC1)S(C)(=O)=O. The third kappa shape index (κ3) is 7.05. The average Bonchev–Trinajstić information content (AvgIpc) is 2.60. The van der Waals surface area contributed by atoms with Crippen LogP contribution >= 0.6 is 0 Å². The molecule has 0 bridgehead atoms. The fraction of sp³-hybridized carbons (Fsp3) is 0.650. The first-order valence-corrected chi connectivity index (χ1v) is 11.7. The van der Waals surface area contributed by atoms with Gasteiger partial charge in [0, 0.05) is 19.0 Å². The number of hydrogen-bond donors (Lipinski definition) is 1. The van der Waals surface area contributed by atoms with Gasteiger partial charge in [0.1, 0.15) is 5.75 Å². The first-order valence-electron chi connectivity index (χ1n) is 9.82. The normalized spacial score (nSPS) is 16.2. The summed E-state index contributed by atoms with van der Waals surface area (Å²) in [5, 5.41) is 3.13. The van der Waals surface area contributed by atoms with Crippen LogP contribution in [0.15, 0.2) is 24.3 Å². The van der Waals surface area contributed by atoms with Crippen molar-refractivity contribution in [3.05, 3.63) is 24.3 Å². The quantitative estimate of drug-likeness (QED) is 0.730. The summed E-state index contributed by atoms with van der Waals surface area (Å²) in [5.41, 5.74) is 0.503. The Balaban J connectivity index is 1.90.